The predicted molar refractivity (Wildman–Crippen MR) is 155 cm³/mol. The number of aromatic hydroxyl groups is 1. The van der Waals surface area contributed by atoms with Gasteiger partial charge >= 0.3 is 0 Å². The molecule has 0 bridgehead atoms. The normalized spacial score (nSPS) is 10.8. The van der Waals surface area contributed by atoms with Gasteiger partial charge in [0.1, 0.15) is 5.75 Å². The quantitative estimate of drug-likeness (QED) is 0.264. The van der Waals surface area contributed by atoms with Gasteiger partial charge in [-0.05, 0) is 73.8 Å². The van der Waals surface area contributed by atoms with E-state index < -0.39 is 0 Å². The standard InChI is InChI=1S/C36H26O/c37-31-23-21-30(22-24-31)36-34(28-17-9-3-10-18-28)32(26-13-5-1-6-14-26)25-33(27-15-7-2-8-16-27)35(36)29-19-11-4-12-20-29/h1-25,37H. The Labute approximate surface area is 218 Å². The molecule has 0 saturated heterocycles. The summed E-state index contributed by atoms with van der Waals surface area (Å²) < 4.78 is 0. The molecule has 176 valence electrons. The zero-order valence-electron chi connectivity index (χ0n) is 20.4. The molecule has 6 aromatic rings. The number of rotatable bonds is 5. The Bertz CT molecular complexity index is 1520. The minimum absolute atomic E-state index is 0.258. The largest absolute Gasteiger partial charge is 0.508 e. The second kappa shape index (κ2) is 10.0. The van der Waals surface area contributed by atoms with E-state index in [1.807, 2.05) is 12.1 Å². The van der Waals surface area contributed by atoms with Crippen LogP contribution in [0.5, 0.6) is 5.75 Å². The molecule has 0 fully saturated rings. The van der Waals surface area contributed by atoms with Crippen LogP contribution >= 0.6 is 0 Å². The van der Waals surface area contributed by atoms with Crippen LogP contribution in [0.4, 0.5) is 0 Å². The van der Waals surface area contributed by atoms with Crippen LogP contribution in [-0.4, -0.2) is 5.11 Å². The van der Waals surface area contributed by atoms with E-state index in [0.717, 1.165) is 33.4 Å². The summed E-state index contributed by atoms with van der Waals surface area (Å²) in [6.45, 7) is 0. The zero-order chi connectivity index (χ0) is 25.0. The highest BCUT2D eigenvalue weighted by molar-refractivity contribution is 6.07. The fraction of sp³-hybridized carbons (Fsp3) is 0. The molecule has 0 aromatic heterocycles. The summed E-state index contributed by atoms with van der Waals surface area (Å²) in [5.74, 6) is 0.258. The first-order valence-electron chi connectivity index (χ1n) is 12.5. The van der Waals surface area contributed by atoms with Gasteiger partial charge in [0.05, 0.1) is 0 Å². The SMILES string of the molecule is Oc1ccc(-c2c(-c3ccccc3)c(-c3ccccc3)cc(-c3ccccc3)c2-c2ccccc2)cc1. The van der Waals surface area contributed by atoms with E-state index in [0.29, 0.717) is 0 Å². The lowest BCUT2D eigenvalue weighted by Gasteiger charge is -2.24. The second-order valence-corrected chi connectivity index (χ2v) is 9.11. The Morgan fingerprint density at radius 3 is 1.00 bits per heavy atom. The number of phenolic OH excluding ortho intramolecular Hbond substituents is 1. The van der Waals surface area contributed by atoms with Crippen molar-refractivity contribution in [2.24, 2.45) is 0 Å². The molecule has 0 unspecified atom stereocenters. The average molecular weight is 475 g/mol. The molecule has 0 radical (unpaired) electrons. The van der Waals surface area contributed by atoms with Crippen molar-refractivity contribution < 1.29 is 5.11 Å². The third kappa shape index (κ3) is 4.44. The fourth-order valence-electron chi connectivity index (χ4n) is 5.10. The molecule has 6 rings (SSSR count). The van der Waals surface area contributed by atoms with E-state index in [-0.39, 0.29) is 5.75 Å². The molecular weight excluding hydrogens is 448 g/mol. The van der Waals surface area contributed by atoms with Gasteiger partial charge in [-0.3, -0.25) is 0 Å². The maximum atomic E-state index is 10.1. The average Bonchev–Trinajstić information content (AvgIpc) is 2.98. The minimum Gasteiger partial charge on any atom is -0.508 e. The minimum atomic E-state index is 0.258. The maximum Gasteiger partial charge on any atom is 0.115 e. The molecule has 0 heterocycles. The van der Waals surface area contributed by atoms with Crippen LogP contribution in [0.1, 0.15) is 0 Å². The van der Waals surface area contributed by atoms with Crippen molar-refractivity contribution in [1.82, 2.24) is 0 Å². The van der Waals surface area contributed by atoms with Gasteiger partial charge in [0.25, 0.3) is 0 Å². The number of hydrogen-bond donors (Lipinski definition) is 1. The van der Waals surface area contributed by atoms with Gasteiger partial charge in [0.2, 0.25) is 0 Å². The highest BCUT2D eigenvalue weighted by Crippen LogP contribution is 2.50. The van der Waals surface area contributed by atoms with Crippen LogP contribution in [0.3, 0.4) is 0 Å². The molecule has 0 aliphatic heterocycles. The van der Waals surface area contributed by atoms with Crippen LogP contribution in [-0.2, 0) is 0 Å². The van der Waals surface area contributed by atoms with Crippen molar-refractivity contribution in [2.45, 2.75) is 0 Å². The van der Waals surface area contributed by atoms with E-state index in [1.165, 1.54) is 22.3 Å². The van der Waals surface area contributed by atoms with Gasteiger partial charge < -0.3 is 5.11 Å². The third-order valence-electron chi connectivity index (χ3n) is 6.78. The van der Waals surface area contributed by atoms with Crippen molar-refractivity contribution >= 4 is 0 Å². The van der Waals surface area contributed by atoms with Crippen molar-refractivity contribution in [3.8, 4) is 61.4 Å². The van der Waals surface area contributed by atoms with Gasteiger partial charge in [0, 0.05) is 0 Å². The van der Waals surface area contributed by atoms with Crippen molar-refractivity contribution in [2.75, 3.05) is 0 Å². The van der Waals surface area contributed by atoms with Crippen molar-refractivity contribution in [3.05, 3.63) is 152 Å². The summed E-state index contributed by atoms with van der Waals surface area (Å²) in [7, 11) is 0. The molecule has 1 heteroatoms. The first-order valence-corrected chi connectivity index (χ1v) is 12.5. The Kier molecular flexibility index (Phi) is 6.10. The topological polar surface area (TPSA) is 20.2 Å². The Balaban J connectivity index is 1.84. The van der Waals surface area contributed by atoms with Crippen LogP contribution in [0.25, 0.3) is 55.6 Å². The van der Waals surface area contributed by atoms with E-state index in [1.54, 1.807) is 12.1 Å². The molecule has 0 spiro atoms. The summed E-state index contributed by atoms with van der Waals surface area (Å²) in [6, 6.07) is 52.4. The Morgan fingerprint density at radius 2 is 0.622 bits per heavy atom. The lowest BCUT2D eigenvalue weighted by Crippen LogP contribution is -1.98. The lowest BCUT2D eigenvalue weighted by atomic mass is 9.79. The molecule has 0 aliphatic carbocycles. The van der Waals surface area contributed by atoms with Gasteiger partial charge in [-0.1, -0.05) is 133 Å². The van der Waals surface area contributed by atoms with Crippen LogP contribution in [0, 0.1) is 0 Å². The summed E-state index contributed by atoms with van der Waals surface area (Å²) >= 11 is 0. The van der Waals surface area contributed by atoms with E-state index in [4.69, 9.17) is 0 Å². The first kappa shape index (κ1) is 22.6. The summed E-state index contributed by atoms with van der Waals surface area (Å²) in [5, 5.41) is 10.1. The van der Waals surface area contributed by atoms with Gasteiger partial charge in [-0.25, -0.2) is 0 Å². The number of benzene rings is 6. The van der Waals surface area contributed by atoms with Crippen molar-refractivity contribution in [3.63, 3.8) is 0 Å². The molecular formula is C36H26O. The Hall–Kier alpha value is -4.88. The molecule has 0 aliphatic rings. The smallest absolute Gasteiger partial charge is 0.115 e. The van der Waals surface area contributed by atoms with E-state index in [9.17, 15) is 5.11 Å². The molecule has 6 aromatic carbocycles. The van der Waals surface area contributed by atoms with Crippen LogP contribution in [0.15, 0.2) is 152 Å². The molecule has 1 N–H and O–H groups in total. The maximum absolute atomic E-state index is 10.1. The van der Waals surface area contributed by atoms with Gasteiger partial charge in [-0.2, -0.15) is 0 Å². The molecule has 0 amide bonds. The first-order chi connectivity index (χ1) is 18.3. The molecule has 1 nitrogen and oxygen atoms in total. The zero-order valence-corrected chi connectivity index (χ0v) is 20.4. The molecule has 0 atom stereocenters. The Morgan fingerprint density at radius 1 is 0.297 bits per heavy atom. The highest BCUT2D eigenvalue weighted by atomic mass is 16.3. The highest BCUT2D eigenvalue weighted by Gasteiger charge is 2.23. The van der Waals surface area contributed by atoms with Crippen LogP contribution < -0.4 is 0 Å². The summed E-state index contributed by atoms with van der Waals surface area (Å²) in [6.07, 6.45) is 0. The second-order valence-electron chi connectivity index (χ2n) is 9.11. The summed E-state index contributed by atoms with van der Waals surface area (Å²) in [4.78, 5) is 0. The lowest BCUT2D eigenvalue weighted by molar-refractivity contribution is 0.475. The van der Waals surface area contributed by atoms with Gasteiger partial charge in [-0.15, -0.1) is 0 Å². The van der Waals surface area contributed by atoms with Crippen molar-refractivity contribution in [1.29, 1.82) is 0 Å². The summed E-state index contributed by atoms with van der Waals surface area (Å²) in [5.41, 5.74) is 11.6. The predicted octanol–water partition coefficient (Wildman–Crippen LogP) is 9.73. The van der Waals surface area contributed by atoms with E-state index >= 15 is 0 Å². The fourth-order valence-corrected chi connectivity index (χ4v) is 5.10. The molecule has 0 saturated carbocycles. The molecule has 37 heavy (non-hydrogen) atoms. The van der Waals surface area contributed by atoms with E-state index in [2.05, 4.69) is 127 Å². The number of hydrogen-bond acceptors (Lipinski definition) is 1. The van der Waals surface area contributed by atoms with Crippen LogP contribution in [0.2, 0.25) is 0 Å². The van der Waals surface area contributed by atoms with Gasteiger partial charge in [0.15, 0.2) is 0 Å². The monoisotopic (exact) mass is 474 g/mol. The third-order valence-corrected chi connectivity index (χ3v) is 6.78. The number of phenols is 1.